The number of hydrogen-bond donors (Lipinski definition) is 2. The zero-order valence-electron chi connectivity index (χ0n) is 14.5. The molecule has 2 N–H and O–H groups in total. The van der Waals surface area contributed by atoms with Crippen LogP contribution in [0.5, 0.6) is 5.75 Å². The Labute approximate surface area is 154 Å². The van der Waals surface area contributed by atoms with Crippen molar-refractivity contribution in [2.45, 2.75) is 26.4 Å². The van der Waals surface area contributed by atoms with Gasteiger partial charge in [-0.05, 0) is 68.4 Å². The molecule has 0 aromatic heterocycles. The second-order valence-electron chi connectivity index (χ2n) is 5.65. The van der Waals surface area contributed by atoms with E-state index >= 15 is 0 Å². The molecule has 0 saturated heterocycles. The van der Waals surface area contributed by atoms with E-state index < -0.39 is 0 Å². The van der Waals surface area contributed by atoms with Gasteiger partial charge in [-0.3, -0.25) is 4.79 Å². The van der Waals surface area contributed by atoms with Crippen LogP contribution in [0.4, 0.5) is 10.1 Å². The molecule has 4 nitrogen and oxygen atoms in total. The molecular formula is C19H24ClFN2O2. The third-order valence-electron chi connectivity index (χ3n) is 3.60. The summed E-state index contributed by atoms with van der Waals surface area (Å²) in [5.74, 6) is 0.412. The number of anilines is 1. The fourth-order valence-corrected chi connectivity index (χ4v) is 2.30. The first-order valence-corrected chi connectivity index (χ1v) is 8.01. The maximum Gasteiger partial charge on any atom is 0.224 e. The van der Waals surface area contributed by atoms with Gasteiger partial charge in [0.1, 0.15) is 18.2 Å². The van der Waals surface area contributed by atoms with Crippen LogP contribution in [0.2, 0.25) is 0 Å². The van der Waals surface area contributed by atoms with E-state index in [0.29, 0.717) is 18.8 Å². The third-order valence-corrected chi connectivity index (χ3v) is 3.60. The van der Waals surface area contributed by atoms with Crippen LogP contribution in [-0.2, 0) is 11.4 Å². The SMILES string of the molecule is CNCCCC(=O)Nc1ccc(OCc2cccc(F)c2)cc1C.Cl. The van der Waals surface area contributed by atoms with Gasteiger partial charge >= 0.3 is 0 Å². The number of benzene rings is 2. The van der Waals surface area contributed by atoms with E-state index in [1.807, 2.05) is 32.2 Å². The fraction of sp³-hybridized carbons (Fsp3) is 0.316. The van der Waals surface area contributed by atoms with E-state index in [4.69, 9.17) is 4.74 Å². The van der Waals surface area contributed by atoms with E-state index in [0.717, 1.165) is 29.8 Å². The smallest absolute Gasteiger partial charge is 0.224 e. The molecule has 2 rings (SSSR count). The second-order valence-corrected chi connectivity index (χ2v) is 5.65. The molecule has 0 aliphatic carbocycles. The Hall–Kier alpha value is -2.11. The van der Waals surface area contributed by atoms with Crippen molar-refractivity contribution in [2.75, 3.05) is 18.9 Å². The summed E-state index contributed by atoms with van der Waals surface area (Å²) in [6.45, 7) is 3.03. The molecule has 0 unspecified atom stereocenters. The van der Waals surface area contributed by atoms with Crippen molar-refractivity contribution in [1.29, 1.82) is 0 Å². The molecule has 2 aromatic rings. The van der Waals surface area contributed by atoms with Crippen molar-refractivity contribution in [2.24, 2.45) is 0 Å². The fourth-order valence-electron chi connectivity index (χ4n) is 2.30. The molecule has 1 amide bonds. The van der Waals surface area contributed by atoms with Crippen LogP contribution in [0.15, 0.2) is 42.5 Å². The molecule has 0 aliphatic heterocycles. The van der Waals surface area contributed by atoms with Crippen LogP contribution in [0, 0.1) is 12.7 Å². The molecule has 0 radical (unpaired) electrons. The van der Waals surface area contributed by atoms with Crippen LogP contribution in [-0.4, -0.2) is 19.5 Å². The molecule has 2 aromatic carbocycles. The highest BCUT2D eigenvalue weighted by Crippen LogP contribution is 2.22. The third kappa shape index (κ3) is 7.11. The zero-order valence-corrected chi connectivity index (χ0v) is 15.3. The predicted octanol–water partition coefficient (Wildman–Crippen LogP) is 4.07. The van der Waals surface area contributed by atoms with Gasteiger partial charge < -0.3 is 15.4 Å². The standard InChI is InChI=1S/C19H23FN2O2.ClH/c1-14-11-17(24-13-15-5-3-6-16(20)12-15)8-9-18(14)22-19(23)7-4-10-21-2;/h3,5-6,8-9,11-12,21H,4,7,10,13H2,1-2H3,(H,22,23);1H. The number of carbonyl (C=O) groups excluding carboxylic acids is 1. The Balaban J connectivity index is 0.00000312. The van der Waals surface area contributed by atoms with E-state index in [1.165, 1.54) is 12.1 Å². The van der Waals surface area contributed by atoms with Crippen LogP contribution in [0.3, 0.4) is 0 Å². The van der Waals surface area contributed by atoms with Gasteiger partial charge in [-0.25, -0.2) is 4.39 Å². The molecule has 136 valence electrons. The Morgan fingerprint density at radius 3 is 2.68 bits per heavy atom. The summed E-state index contributed by atoms with van der Waals surface area (Å²) in [7, 11) is 1.87. The van der Waals surface area contributed by atoms with Crippen LogP contribution < -0.4 is 15.4 Å². The van der Waals surface area contributed by atoms with Gasteiger partial charge in [0.05, 0.1) is 0 Å². The summed E-state index contributed by atoms with van der Waals surface area (Å²) in [5.41, 5.74) is 2.48. The zero-order chi connectivity index (χ0) is 17.4. The molecule has 6 heteroatoms. The normalized spacial score (nSPS) is 10.0. The molecule has 0 bridgehead atoms. The highest BCUT2D eigenvalue weighted by Gasteiger charge is 2.06. The van der Waals surface area contributed by atoms with Gasteiger partial charge in [-0.15, -0.1) is 12.4 Å². The van der Waals surface area contributed by atoms with E-state index in [-0.39, 0.29) is 24.1 Å². The van der Waals surface area contributed by atoms with Gasteiger partial charge in [0.15, 0.2) is 0 Å². The lowest BCUT2D eigenvalue weighted by Crippen LogP contribution is -2.15. The number of carbonyl (C=O) groups is 1. The first kappa shape index (κ1) is 20.9. The van der Waals surface area contributed by atoms with Crippen molar-refractivity contribution in [1.82, 2.24) is 5.32 Å². The number of amides is 1. The van der Waals surface area contributed by atoms with Gasteiger partial charge in [0.25, 0.3) is 0 Å². The molecule has 0 spiro atoms. The first-order chi connectivity index (χ1) is 11.6. The first-order valence-electron chi connectivity index (χ1n) is 8.01. The van der Waals surface area contributed by atoms with Crippen molar-refractivity contribution < 1.29 is 13.9 Å². The van der Waals surface area contributed by atoms with E-state index in [9.17, 15) is 9.18 Å². The topological polar surface area (TPSA) is 50.4 Å². The number of halogens is 2. The summed E-state index contributed by atoms with van der Waals surface area (Å²) < 4.78 is 18.8. The Morgan fingerprint density at radius 1 is 1.20 bits per heavy atom. The maximum atomic E-state index is 13.1. The van der Waals surface area contributed by atoms with Gasteiger partial charge in [-0.2, -0.15) is 0 Å². The number of hydrogen-bond acceptors (Lipinski definition) is 3. The highest BCUT2D eigenvalue weighted by molar-refractivity contribution is 5.91. The summed E-state index contributed by atoms with van der Waals surface area (Å²) >= 11 is 0. The van der Waals surface area contributed by atoms with Gasteiger partial charge in [0, 0.05) is 12.1 Å². The van der Waals surface area contributed by atoms with Crippen LogP contribution in [0.1, 0.15) is 24.0 Å². The van der Waals surface area contributed by atoms with Gasteiger partial charge in [-0.1, -0.05) is 12.1 Å². The summed E-state index contributed by atoms with van der Waals surface area (Å²) in [6, 6.07) is 11.8. The lowest BCUT2D eigenvalue weighted by atomic mass is 10.1. The summed E-state index contributed by atoms with van der Waals surface area (Å²) in [6.07, 6.45) is 1.29. The summed E-state index contributed by atoms with van der Waals surface area (Å²) in [4.78, 5) is 11.9. The van der Waals surface area contributed by atoms with Crippen molar-refractivity contribution in [3.63, 3.8) is 0 Å². The highest BCUT2D eigenvalue weighted by atomic mass is 35.5. The second kappa shape index (κ2) is 10.7. The molecule has 0 aliphatic rings. The molecule has 0 fully saturated rings. The van der Waals surface area contributed by atoms with Crippen molar-refractivity contribution in [3.05, 3.63) is 59.4 Å². The monoisotopic (exact) mass is 366 g/mol. The molecule has 0 heterocycles. The number of ether oxygens (including phenoxy) is 1. The van der Waals surface area contributed by atoms with Crippen LogP contribution in [0.25, 0.3) is 0 Å². The number of nitrogens with one attached hydrogen (secondary N) is 2. The van der Waals surface area contributed by atoms with E-state index in [2.05, 4.69) is 10.6 Å². The van der Waals surface area contributed by atoms with Crippen molar-refractivity contribution in [3.8, 4) is 5.75 Å². The maximum absolute atomic E-state index is 13.1. The quantitative estimate of drug-likeness (QED) is 0.692. The lowest BCUT2D eigenvalue weighted by Gasteiger charge is -2.11. The minimum atomic E-state index is -0.274. The molecule has 0 atom stereocenters. The molecular weight excluding hydrogens is 343 g/mol. The molecule has 25 heavy (non-hydrogen) atoms. The molecule has 0 saturated carbocycles. The minimum Gasteiger partial charge on any atom is -0.489 e. The average Bonchev–Trinajstić information content (AvgIpc) is 2.55. The Bertz CT molecular complexity index is 695. The number of rotatable bonds is 8. The minimum absolute atomic E-state index is 0. The van der Waals surface area contributed by atoms with E-state index in [1.54, 1.807) is 12.1 Å². The Morgan fingerprint density at radius 2 is 2.00 bits per heavy atom. The Kier molecular flexibility index (Phi) is 8.95. The number of aryl methyl sites for hydroxylation is 1. The van der Waals surface area contributed by atoms with Crippen LogP contribution >= 0.6 is 12.4 Å². The van der Waals surface area contributed by atoms with Crippen molar-refractivity contribution >= 4 is 24.0 Å². The lowest BCUT2D eigenvalue weighted by molar-refractivity contribution is -0.116. The summed E-state index contributed by atoms with van der Waals surface area (Å²) in [5, 5.41) is 5.92. The largest absolute Gasteiger partial charge is 0.489 e. The predicted molar refractivity (Wildman–Crippen MR) is 101 cm³/mol. The average molecular weight is 367 g/mol. The van der Waals surface area contributed by atoms with Gasteiger partial charge in [0.2, 0.25) is 5.91 Å².